The lowest BCUT2D eigenvalue weighted by molar-refractivity contribution is -0.121. The van der Waals surface area contributed by atoms with Crippen molar-refractivity contribution in [2.45, 2.75) is 45.6 Å². The summed E-state index contributed by atoms with van der Waals surface area (Å²) in [5.41, 5.74) is 5.44. The van der Waals surface area contributed by atoms with Gasteiger partial charge in [0.05, 0.1) is 11.0 Å². The van der Waals surface area contributed by atoms with Crippen molar-refractivity contribution in [1.29, 1.82) is 0 Å². The number of rotatable bonds is 6. The van der Waals surface area contributed by atoms with E-state index in [1.54, 1.807) is 0 Å². The number of hydrogen-bond donors (Lipinski definition) is 2. The zero-order valence-electron chi connectivity index (χ0n) is 8.30. The second-order valence-corrected chi connectivity index (χ2v) is 3.51. The molecule has 0 aliphatic rings. The smallest absolute Gasteiger partial charge is 0.220 e. The molecule has 0 aliphatic carbocycles. The first-order valence-corrected chi connectivity index (χ1v) is 5.11. The van der Waals surface area contributed by atoms with Crippen LogP contribution in [0.5, 0.6) is 0 Å². The molecule has 0 rings (SSSR count). The number of amides is 1. The summed E-state index contributed by atoms with van der Waals surface area (Å²) in [5, 5.41) is 2.80. The van der Waals surface area contributed by atoms with E-state index in [0.29, 0.717) is 11.4 Å². The van der Waals surface area contributed by atoms with Crippen LogP contribution in [0.1, 0.15) is 39.5 Å². The van der Waals surface area contributed by atoms with Gasteiger partial charge in [-0.05, 0) is 12.8 Å². The fourth-order valence-corrected chi connectivity index (χ4v) is 1.20. The molecule has 0 fully saturated rings. The number of nitrogens with one attached hydrogen (secondary N) is 1. The van der Waals surface area contributed by atoms with E-state index in [-0.39, 0.29) is 11.9 Å². The van der Waals surface area contributed by atoms with Gasteiger partial charge in [0.15, 0.2) is 0 Å². The van der Waals surface area contributed by atoms with Gasteiger partial charge in [-0.15, -0.1) is 0 Å². The Morgan fingerprint density at radius 3 is 2.54 bits per heavy atom. The third-order valence-electron chi connectivity index (χ3n) is 1.84. The molecule has 1 amide bonds. The van der Waals surface area contributed by atoms with Gasteiger partial charge in [0.1, 0.15) is 0 Å². The molecular weight excluding hydrogens is 184 g/mol. The second kappa shape index (κ2) is 6.83. The van der Waals surface area contributed by atoms with Crippen molar-refractivity contribution >= 4 is 23.1 Å². The van der Waals surface area contributed by atoms with Crippen LogP contribution in [-0.2, 0) is 4.79 Å². The molecule has 0 aliphatic heterocycles. The number of hydrogen-bond acceptors (Lipinski definition) is 2. The number of nitrogens with two attached hydrogens (primary N) is 1. The third kappa shape index (κ3) is 5.58. The quantitative estimate of drug-likeness (QED) is 0.639. The maximum atomic E-state index is 11.2. The Balaban J connectivity index is 3.80. The van der Waals surface area contributed by atoms with Crippen molar-refractivity contribution in [2.75, 3.05) is 0 Å². The van der Waals surface area contributed by atoms with E-state index < -0.39 is 0 Å². The van der Waals surface area contributed by atoms with Gasteiger partial charge < -0.3 is 11.1 Å². The number of carbonyl (C=O) groups excluding carboxylic acids is 1. The van der Waals surface area contributed by atoms with Gasteiger partial charge >= 0.3 is 0 Å². The first kappa shape index (κ1) is 12.4. The zero-order valence-corrected chi connectivity index (χ0v) is 9.12. The largest absolute Gasteiger partial charge is 0.392 e. The highest BCUT2D eigenvalue weighted by molar-refractivity contribution is 7.80. The van der Waals surface area contributed by atoms with E-state index in [2.05, 4.69) is 12.2 Å². The molecular formula is C9H18N2OS. The van der Waals surface area contributed by atoms with Crippen LogP contribution in [0.15, 0.2) is 0 Å². The fourth-order valence-electron chi connectivity index (χ4n) is 0.978. The van der Waals surface area contributed by atoms with E-state index in [1.165, 1.54) is 0 Å². The van der Waals surface area contributed by atoms with Crippen molar-refractivity contribution < 1.29 is 4.79 Å². The van der Waals surface area contributed by atoms with Crippen molar-refractivity contribution in [3.05, 3.63) is 0 Å². The first-order valence-electron chi connectivity index (χ1n) is 4.70. The van der Waals surface area contributed by atoms with Crippen LogP contribution in [0.2, 0.25) is 0 Å². The Labute approximate surface area is 85.1 Å². The summed E-state index contributed by atoms with van der Waals surface area (Å²) in [5.74, 6) is 0.0431. The highest BCUT2D eigenvalue weighted by atomic mass is 32.1. The minimum Gasteiger partial charge on any atom is -0.392 e. The first-order chi connectivity index (χ1) is 6.11. The minimum absolute atomic E-state index is 0.0431. The molecule has 76 valence electrons. The van der Waals surface area contributed by atoms with Gasteiger partial charge in [-0.2, -0.15) is 0 Å². The van der Waals surface area contributed by atoms with Gasteiger partial charge in [0.25, 0.3) is 0 Å². The topological polar surface area (TPSA) is 55.1 Å². The molecule has 3 N–H and O–H groups in total. The Morgan fingerprint density at radius 2 is 2.15 bits per heavy atom. The van der Waals surface area contributed by atoms with E-state index >= 15 is 0 Å². The van der Waals surface area contributed by atoms with Crippen molar-refractivity contribution in [1.82, 2.24) is 5.32 Å². The molecule has 13 heavy (non-hydrogen) atoms. The highest BCUT2D eigenvalue weighted by Crippen LogP contribution is 1.96. The average molecular weight is 202 g/mol. The maximum absolute atomic E-state index is 11.2. The van der Waals surface area contributed by atoms with Crippen LogP contribution in [-0.4, -0.2) is 16.9 Å². The Bertz CT molecular complexity index is 182. The molecule has 4 heteroatoms. The van der Waals surface area contributed by atoms with Gasteiger partial charge in [-0.25, -0.2) is 0 Å². The number of thiocarbonyl (C=S) groups is 1. The van der Waals surface area contributed by atoms with Crippen molar-refractivity contribution in [2.24, 2.45) is 5.73 Å². The molecule has 0 heterocycles. The minimum atomic E-state index is -0.139. The van der Waals surface area contributed by atoms with Crippen LogP contribution in [0.4, 0.5) is 0 Å². The van der Waals surface area contributed by atoms with Crippen molar-refractivity contribution in [3.8, 4) is 0 Å². The third-order valence-corrected chi connectivity index (χ3v) is 2.13. The number of carbonyl (C=O) groups is 1. The van der Waals surface area contributed by atoms with E-state index in [9.17, 15) is 4.79 Å². The Hall–Kier alpha value is -0.640. The summed E-state index contributed by atoms with van der Waals surface area (Å²) in [6.07, 6.45) is 3.26. The summed E-state index contributed by atoms with van der Waals surface area (Å²) in [7, 11) is 0. The molecule has 1 atom stereocenters. The fraction of sp³-hybridized carbons (Fsp3) is 0.778. The predicted octanol–water partition coefficient (Wildman–Crippen LogP) is 1.36. The van der Waals surface area contributed by atoms with Gasteiger partial charge in [0.2, 0.25) is 5.91 Å². The van der Waals surface area contributed by atoms with Crippen LogP contribution in [0.3, 0.4) is 0 Å². The normalized spacial score (nSPS) is 12.2. The monoisotopic (exact) mass is 202 g/mol. The zero-order chi connectivity index (χ0) is 10.3. The van der Waals surface area contributed by atoms with Crippen LogP contribution < -0.4 is 11.1 Å². The van der Waals surface area contributed by atoms with E-state index in [1.807, 2.05) is 6.92 Å². The summed E-state index contributed by atoms with van der Waals surface area (Å²) < 4.78 is 0. The predicted molar refractivity (Wildman–Crippen MR) is 58.5 cm³/mol. The summed E-state index contributed by atoms with van der Waals surface area (Å²) in [6, 6.07) is -0.139. The molecule has 0 aromatic carbocycles. The Morgan fingerprint density at radius 1 is 1.54 bits per heavy atom. The Kier molecular flexibility index (Phi) is 6.49. The maximum Gasteiger partial charge on any atom is 0.220 e. The summed E-state index contributed by atoms with van der Waals surface area (Å²) in [6.45, 7) is 4.00. The SMILES string of the molecule is CCCCC(=O)NC(CC)C(N)=S. The second-order valence-electron chi connectivity index (χ2n) is 3.03. The number of unbranched alkanes of at least 4 members (excludes halogenated alkanes) is 1. The summed E-state index contributed by atoms with van der Waals surface area (Å²) >= 11 is 4.81. The van der Waals surface area contributed by atoms with Gasteiger partial charge in [-0.3, -0.25) is 4.79 Å². The van der Waals surface area contributed by atoms with Crippen LogP contribution >= 0.6 is 12.2 Å². The highest BCUT2D eigenvalue weighted by Gasteiger charge is 2.11. The molecule has 0 radical (unpaired) electrons. The summed E-state index contributed by atoms with van der Waals surface area (Å²) in [4.78, 5) is 11.6. The van der Waals surface area contributed by atoms with Crippen molar-refractivity contribution in [3.63, 3.8) is 0 Å². The lowest BCUT2D eigenvalue weighted by Crippen LogP contribution is -2.42. The van der Waals surface area contributed by atoms with Crippen LogP contribution in [0.25, 0.3) is 0 Å². The standard InChI is InChI=1S/C9H18N2OS/c1-3-5-6-8(12)11-7(4-2)9(10)13/h7H,3-6H2,1-2H3,(H2,10,13)(H,11,12). The lowest BCUT2D eigenvalue weighted by atomic mass is 10.2. The molecule has 0 saturated heterocycles. The molecule has 0 bridgehead atoms. The molecule has 1 unspecified atom stereocenters. The molecule has 0 saturated carbocycles. The van der Waals surface area contributed by atoms with Gasteiger partial charge in [0, 0.05) is 6.42 Å². The lowest BCUT2D eigenvalue weighted by Gasteiger charge is -2.14. The van der Waals surface area contributed by atoms with E-state index in [0.717, 1.165) is 19.3 Å². The molecule has 0 spiro atoms. The van der Waals surface area contributed by atoms with Gasteiger partial charge in [-0.1, -0.05) is 32.5 Å². The van der Waals surface area contributed by atoms with Crippen LogP contribution in [0, 0.1) is 0 Å². The van der Waals surface area contributed by atoms with E-state index in [4.69, 9.17) is 18.0 Å². The molecule has 3 nitrogen and oxygen atoms in total. The molecule has 0 aromatic rings. The average Bonchev–Trinajstić information content (AvgIpc) is 2.10. The molecule has 0 aromatic heterocycles.